The number of phenolic OH excluding ortho intramolecular Hbond substituents is 1. The van der Waals surface area contributed by atoms with E-state index in [2.05, 4.69) is 5.43 Å². The van der Waals surface area contributed by atoms with Crippen LogP contribution >= 0.6 is 0 Å². The Bertz CT molecular complexity index is 1890. The molecule has 252 valence electrons. The molecule has 0 spiro atoms. The van der Waals surface area contributed by atoms with Gasteiger partial charge in [0.15, 0.2) is 11.5 Å². The summed E-state index contributed by atoms with van der Waals surface area (Å²) < 4.78 is 5.78. The number of carboxylic acids is 1. The zero-order valence-electron chi connectivity index (χ0n) is 27.2. The number of aliphatic carboxylic acids is 1. The van der Waals surface area contributed by atoms with Crippen molar-refractivity contribution in [2.45, 2.75) is 44.4 Å². The molecule has 11 nitrogen and oxygen atoms in total. The number of nitrogens with zero attached hydrogens (tertiary/aromatic N) is 2. The summed E-state index contributed by atoms with van der Waals surface area (Å²) in [7, 11) is 0. The maximum Gasteiger partial charge on any atom is 0.305 e. The molecule has 2 heterocycles. The molecule has 0 aromatic heterocycles. The summed E-state index contributed by atoms with van der Waals surface area (Å²) in [6.45, 7) is 3.77. The third-order valence-electron chi connectivity index (χ3n) is 10.7. The number of fused-ring (bicyclic) bond motifs is 4. The summed E-state index contributed by atoms with van der Waals surface area (Å²) in [4.78, 5) is 69.9. The Morgan fingerprint density at radius 3 is 2.39 bits per heavy atom. The van der Waals surface area contributed by atoms with Crippen molar-refractivity contribution in [3.8, 4) is 11.5 Å². The molecule has 4 amide bonds. The number of nitrogens with one attached hydrogen (secondary N) is 1. The number of ether oxygens (including phenoxy) is 1. The highest BCUT2D eigenvalue weighted by molar-refractivity contribution is 6.13. The Hall–Kier alpha value is -5.45. The van der Waals surface area contributed by atoms with Crippen LogP contribution in [-0.4, -0.2) is 62.9 Å². The minimum absolute atomic E-state index is 0.0805. The van der Waals surface area contributed by atoms with Gasteiger partial charge in [-0.1, -0.05) is 65.7 Å². The third-order valence-corrected chi connectivity index (χ3v) is 10.7. The first-order chi connectivity index (χ1) is 23.6. The normalized spacial score (nSPS) is 27.4. The molecule has 3 N–H and O–H groups in total. The number of amides is 4. The molecule has 7 rings (SSSR count). The molecule has 2 aliphatic carbocycles. The second-order valence-corrected chi connectivity index (χ2v) is 13.2. The van der Waals surface area contributed by atoms with E-state index in [0.29, 0.717) is 16.8 Å². The van der Waals surface area contributed by atoms with Gasteiger partial charge in [-0.05, 0) is 68.0 Å². The largest absolute Gasteiger partial charge is 0.504 e. The van der Waals surface area contributed by atoms with E-state index in [1.807, 2.05) is 55.5 Å². The Labute approximate surface area is 283 Å². The zero-order valence-corrected chi connectivity index (χ0v) is 27.2. The van der Waals surface area contributed by atoms with Crippen molar-refractivity contribution in [3.05, 3.63) is 101 Å². The van der Waals surface area contributed by atoms with E-state index < -0.39 is 64.6 Å². The van der Waals surface area contributed by atoms with Crippen molar-refractivity contribution < 1.29 is 38.9 Å². The number of imide groups is 2. The van der Waals surface area contributed by atoms with E-state index in [9.17, 15) is 29.4 Å². The van der Waals surface area contributed by atoms with Gasteiger partial charge >= 0.3 is 5.97 Å². The lowest BCUT2D eigenvalue weighted by molar-refractivity contribution is -0.143. The first kappa shape index (κ1) is 32.1. The second kappa shape index (κ2) is 12.2. The number of anilines is 1. The average Bonchev–Trinajstić information content (AvgIpc) is 3.46. The summed E-state index contributed by atoms with van der Waals surface area (Å²) in [5.74, 6) is -6.58. The zero-order chi connectivity index (χ0) is 34.6. The van der Waals surface area contributed by atoms with Crippen LogP contribution in [0.1, 0.15) is 48.8 Å². The van der Waals surface area contributed by atoms with Gasteiger partial charge in [0.25, 0.3) is 11.8 Å². The number of hydrogen-bond acceptors (Lipinski definition) is 8. The molecule has 3 aromatic carbocycles. The second-order valence-electron chi connectivity index (χ2n) is 13.2. The number of carbonyl (C=O) groups excluding carboxylic acids is 4. The quantitative estimate of drug-likeness (QED) is 0.221. The summed E-state index contributed by atoms with van der Waals surface area (Å²) in [6.07, 6.45) is 1.91. The van der Waals surface area contributed by atoms with Crippen molar-refractivity contribution in [3.63, 3.8) is 0 Å². The summed E-state index contributed by atoms with van der Waals surface area (Å²) in [6, 6.07) is 21.4. The highest BCUT2D eigenvalue weighted by Crippen LogP contribution is 2.64. The number of phenols is 1. The lowest BCUT2D eigenvalue weighted by Crippen LogP contribution is -2.53. The fourth-order valence-corrected chi connectivity index (χ4v) is 8.60. The minimum Gasteiger partial charge on any atom is -0.504 e. The van der Waals surface area contributed by atoms with Crippen LogP contribution in [0.3, 0.4) is 0 Å². The number of carboxylic acid groups (broad SMARTS) is 1. The average molecular weight is 664 g/mol. The fraction of sp³-hybridized carbons (Fsp3) is 0.342. The van der Waals surface area contributed by atoms with Gasteiger partial charge in [-0.15, -0.1) is 0 Å². The van der Waals surface area contributed by atoms with Crippen LogP contribution in [0.15, 0.2) is 84.4 Å². The van der Waals surface area contributed by atoms with E-state index >= 15 is 4.79 Å². The third kappa shape index (κ3) is 4.98. The molecular weight excluding hydrogens is 626 g/mol. The van der Waals surface area contributed by atoms with Crippen molar-refractivity contribution in [1.29, 1.82) is 0 Å². The van der Waals surface area contributed by atoms with Crippen molar-refractivity contribution in [2.75, 3.05) is 18.6 Å². The van der Waals surface area contributed by atoms with Gasteiger partial charge in [0.1, 0.15) is 0 Å². The molecular formula is C38H37N3O8. The molecule has 2 aliphatic heterocycles. The van der Waals surface area contributed by atoms with Crippen LogP contribution in [0.2, 0.25) is 0 Å². The Morgan fingerprint density at radius 2 is 1.69 bits per heavy atom. The maximum absolute atomic E-state index is 15.2. The summed E-state index contributed by atoms with van der Waals surface area (Å²) in [5, 5.41) is 21.1. The lowest BCUT2D eigenvalue weighted by atomic mass is 9.49. The number of hydrazine groups is 1. The van der Waals surface area contributed by atoms with Crippen molar-refractivity contribution in [2.24, 2.45) is 23.7 Å². The molecule has 6 atom stereocenters. The highest BCUT2D eigenvalue weighted by Gasteiger charge is 2.70. The molecule has 3 aromatic rings. The number of benzene rings is 3. The van der Waals surface area contributed by atoms with Gasteiger partial charge in [-0.2, -0.15) is 5.01 Å². The lowest BCUT2D eigenvalue weighted by Gasteiger charge is -2.50. The van der Waals surface area contributed by atoms with E-state index in [-0.39, 0.29) is 43.9 Å². The van der Waals surface area contributed by atoms with Gasteiger partial charge in [-0.3, -0.25) is 34.3 Å². The molecule has 6 unspecified atom stereocenters. The van der Waals surface area contributed by atoms with E-state index in [0.717, 1.165) is 21.0 Å². The standard InChI is InChI=1S/C38H37N3O8/c1-3-49-30-19-22(11-16-29(30)42)33-25-14-15-26-32(36(47)40(34(26)45)18-17-31(43)44)27(25)20-28-35(46)41(39-24-12-9-21(2)10-13-24)37(48)38(28,33)23-7-5-4-6-8-23/h4-14,16,19,26-28,32-33,39,42H,3,15,17-18,20H2,1-2H3,(H,43,44). The van der Waals surface area contributed by atoms with Crippen LogP contribution in [-0.2, 0) is 29.4 Å². The monoisotopic (exact) mass is 663 g/mol. The molecule has 3 fully saturated rings. The highest BCUT2D eigenvalue weighted by atomic mass is 16.5. The first-order valence-electron chi connectivity index (χ1n) is 16.6. The number of hydrogen-bond donors (Lipinski definition) is 3. The molecule has 0 bridgehead atoms. The predicted octanol–water partition coefficient (Wildman–Crippen LogP) is 4.56. The van der Waals surface area contributed by atoms with Crippen LogP contribution in [0, 0.1) is 30.6 Å². The maximum atomic E-state index is 15.2. The number of likely N-dealkylation sites (tertiary alicyclic amines) is 1. The Balaban J connectivity index is 1.43. The van der Waals surface area contributed by atoms with Gasteiger partial charge in [0, 0.05) is 12.5 Å². The van der Waals surface area contributed by atoms with Gasteiger partial charge < -0.3 is 14.9 Å². The number of allylic oxidation sites excluding steroid dienone is 2. The number of aromatic hydroxyl groups is 1. The number of rotatable bonds is 9. The van der Waals surface area contributed by atoms with E-state index in [1.165, 1.54) is 6.07 Å². The Morgan fingerprint density at radius 1 is 0.959 bits per heavy atom. The number of aryl methyl sites for hydroxylation is 1. The van der Waals surface area contributed by atoms with Crippen LogP contribution in [0.5, 0.6) is 11.5 Å². The van der Waals surface area contributed by atoms with Crippen molar-refractivity contribution in [1.82, 2.24) is 9.91 Å². The van der Waals surface area contributed by atoms with Crippen molar-refractivity contribution >= 4 is 35.3 Å². The molecule has 1 saturated carbocycles. The smallest absolute Gasteiger partial charge is 0.305 e. The molecule has 4 aliphatic rings. The van der Waals surface area contributed by atoms with Gasteiger partial charge in [-0.25, -0.2) is 0 Å². The minimum atomic E-state index is -1.46. The van der Waals surface area contributed by atoms with Crippen LogP contribution in [0.25, 0.3) is 0 Å². The van der Waals surface area contributed by atoms with E-state index in [1.54, 1.807) is 31.2 Å². The molecule has 0 radical (unpaired) electrons. The van der Waals surface area contributed by atoms with Crippen LogP contribution < -0.4 is 10.2 Å². The van der Waals surface area contributed by atoms with Gasteiger partial charge in [0.05, 0.1) is 41.9 Å². The van der Waals surface area contributed by atoms with E-state index in [4.69, 9.17) is 4.74 Å². The molecule has 2 saturated heterocycles. The Kier molecular flexibility index (Phi) is 8.01. The first-order valence-corrected chi connectivity index (χ1v) is 16.6. The fourth-order valence-electron chi connectivity index (χ4n) is 8.60. The topological polar surface area (TPSA) is 154 Å². The molecule has 49 heavy (non-hydrogen) atoms. The summed E-state index contributed by atoms with van der Waals surface area (Å²) in [5.41, 5.74) is 5.18. The molecule has 11 heteroatoms. The summed E-state index contributed by atoms with van der Waals surface area (Å²) >= 11 is 0. The number of carbonyl (C=O) groups is 5. The van der Waals surface area contributed by atoms with Gasteiger partial charge in [0.2, 0.25) is 11.8 Å². The SMILES string of the molecule is CCOc1cc(C2C3=CCC4C(=O)N(CCC(=O)O)C(=O)C4C3CC3C(=O)N(Nc4ccc(C)cc4)C(=O)C32c2ccccc2)ccc1O. The predicted molar refractivity (Wildman–Crippen MR) is 177 cm³/mol. The van der Waals surface area contributed by atoms with Crippen LogP contribution in [0.4, 0.5) is 5.69 Å².